The summed E-state index contributed by atoms with van der Waals surface area (Å²) in [4.78, 5) is 0. The summed E-state index contributed by atoms with van der Waals surface area (Å²) in [5, 5.41) is 11.4. The predicted octanol–water partition coefficient (Wildman–Crippen LogP) is 5.16. The summed E-state index contributed by atoms with van der Waals surface area (Å²) in [5.74, 6) is 0.996. The number of rotatable bonds is 4. The highest BCUT2D eigenvalue weighted by Gasteiger charge is 2.12. The molecule has 0 bridgehead atoms. The number of aromatic nitrogens is 1. The number of benzene rings is 2. The van der Waals surface area contributed by atoms with E-state index in [-0.39, 0.29) is 5.75 Å². The molecule has 1 aromatic heterocycles. The van der Waals surface area contributed by atoms with Gasteiger partial charge < -0.3 is 14.4 Å². The van der Waals surface area contributed by atoms with Crippen LogP contribution in [-0.2, 0) is 6.61 Å². The van der Waals surface area contributed by atoms with Crippen molar-refractivity contribution >= 4 is 22.5 Å². The van der Waals surface area contributed by atoms with Crippen molar-refractivity contribution in [3.05, 3.63) is 59.2 Å². The van der Waals surface area contributed by atoms with Gasteiger partial charge in [0.1, 0.15) is 18.1 Å². The molecule has 0 unspecified atom stereocenters. The molecular formula is C18H18ClNO2. The van der Waals surface area contributed by atoms with E-state index in [1.54, 1.807) is 18.2 Å². The van der Waals surface area contributed by atoms with E-state index in [0.29, 0.717) is 17.7 Å². The van der Waals surface area contributed by atoms with Gasteiger partial charge in [0.25, 0.3) is 0 Å². The van der Waals surface area contributed by atoms with Crippen LogP contribution in [0.1, 0.15) is 25.5 Å². The van der Waals surface area contributed by atoms with Crippen molar-refractivity contribution in [3.63, 3.8) is 0 Å². The third-order valence-corrected chi connectivity index (χ3v) is 3.88. The Morgan fingerprint density at radius 2 is 2.00 bits per heavy atom. The normalized spacial score (nSPS) is 11.3. The van der Waals surface area contributed by atoms with Gasteiger partial charge in [-0.05, 0) is 50.2 Å². The predicted molar refractivity (Wildman–Crippen MR) is 89.8 cm³/mol. The average molecular weight is 316 g/mol. The molecule has 0 fully saturated rings. The molecule has 0 radical (unpaired) electrons. The summed E-state index contributed by atoms with van der Waals surface area (Å²) in [6, 6.07) is 13.1. The summed E-state index contributed by atoms with van der Waals surface area (Å²) < 4.78 is 8.02. The molecule has 1 N–H and O–H groups in total. The molecule has 114 valence electrons. The quantitative estimate of drug-likeness (QED) is 0.721. The van der Waals surface area contributed by atoms with Gasteiger partial charge in [0, 0.05) is 33.7 Å². The molecular weight excluding hydrogens is 298 g/mol. The fourth-order valence-electron chi connectivity index (χ4n) is 2.57. The largest absolute Gasteiger partial charge is 0.508 e. The number of nitrogens with zero attached hydrogens (tertiary/aromatic N) is 1. The molecule has 3 aromatic rings. The summed E-state index contributed by atoms with van der Waals surface area (Å²) in [7, 11) is 0. The standard InChI is InChI=1S/C18H18ClNO2/c1-12(2)20-10-13(17-9-15(21)6-7-18(17)20)11-22-16-5-3-4-14(19)8-16/h3-10,12,21H,11H2,1-2H3. The number of hydrogen-bond donors (Lipinski definition) is 1. The van der Waals surface area contributed by atoms with E-state index < -0.39 is 0 Å². The number of hydrogen-bond acceptors (Lipinski definition) is 2. The first-order valence-electron chi connectivity index (χ1n) is 7.25. The second kappa shape index (κ2) is 5.93. The molecule has 2 aromatic carbocycles. The molecule has 4 heteroatoms. The Morgan fingerprint density at radius 1 is 1.18 bits per heavy atom. The Balaban J connectivity index is 1.94. The second-order valence-electron chi connectivity index (χ2n) is 5.60. The van der Waals surface area contributed by atoms with Crippen molar-refractivity contribution in [3.8, 4) is 11.5 Å². The lowest BCUT2D eigenvalue weighted by atomic mass is 10.2. The molecule has 0 saturated carbocycles. The minimum atomic E-state index is 0.262. The Kier molecular flexibility index (Phi) is 3.99. The van der Waals surface area contributed by atoms with Crippen LogP contribution in [0.3, 0.4) is 0 Å². The molecule has 0 aliphatic heterocycles. The lowest BCUT2D eigenvalue weighted by Crippen LogP contribution is -1.98. The highest BCUT2D eigenvalue weighted by atomic mass is 35.5. The van der Waals surface area contributed by atoms with Gasteiger partial charge in [-0.15, -0.1) is 0 Å². The van der Waals surface area contributed by atoms with Crippen molar-refractivity contribution in [2.75, 3.05) is 0 Å². The fourth-order valence-corrected chi connectivity index (χ4v) is 2.75. The van der Waals surface area contributed by atoms with Crippen LogP contribution >= 0.6 is 11.6 Å². The minimum Gasteiger partial charge on any atom is -0.508 e. The molecule has 0 saturated heterocycles. The van der Waals surface area contributed by atoms with E-state index in [0.717, 1.165) is 22.2 Å². The smallest absolute Gasteiger partial charge is 0.121 e. The molecule has 3 rings (SSSR count). The Hall–Kier alpha value is -2.13. The van der Waals surface area contributed by atoms with E-state index in [1.807, 2.05) is 24.3 Å². The van der Waals surface area contributed by atoms with Crippen molar-refractivity contribution in [1.29, 1.82) is 0 Å². The van der Waals surface area contributed by atoms with Gasteiger partial charge in [-0.1, -0.05) is 17.7 Å². The van der Waals surface area contributed by atoms with Gasteiger partial charge in [0.15, 0.2) is 0 Å². The number of fused-ring (bicyclic) bond motifs is 1. The Morgan fingerprint density at radius 3 is 2.73 bits per heavy atom. The Labute approximate surface area is 134 Å². The van der Waals surface area contributed by atoms with Gasteiger partial charge in [0.05, 0.1) is 0 Å². The van der Waals surface area contributed by atoms with Crippen LogP contribution in [0.4, 0.5) is 0 Å². The van der Waals surface area contributed by atoms with E-state index in [9.17, 15) is 5.11 Å². The number of halogens is 1. The molecule has 0 aliphatic rings. The zero-order valence-electron chi connectivity index (χ0n) is 12.6. The maximum Gasteiger partial charge on any atom is 0.121 e. The lowest BCUT2D eigenvalue weighted by Gasteiger charge is -2.08. The first-order chi connectivity index (χ1) is 10.5. The van der Waals surface area contributed by atoms with Gasteiger partial charge >= 0.3 is 0 Å². The molecule has 3 nitrogen and oxygen atoms in total. The van der Waals surface area contributed by atoms with Crippen LogP contribution in [0.5, 0.6) is 11.5 Å². The van der Waals surface area contributed by atoms with Gasteiger partial charge in [-0.3, -0.25) is 0 Å². The van der Waals surface area contributed by atoms with E-state index in [4.69, 9.17) is 16.3 Å². The van der Waals surface area contributed by atoms with Crippen molar-refractivity contribution in [2.45, 2.75) is 26.5 Å². The van der Waals surface area contributed by atoms with Crippen LogP contribution in [-0.4, -0.2) is 9.67 Å². The minimum absolute atomic E-state index is 0.262. The van der Waals surface area contributed by atoms with Crippen LogP contribution < -0.4 is 4.74 Å². The molecule has 1 heterocycles. The van der Waals surface area contributed by atoms with Crippen LogP contribution in [0.25, 0.3) is 10.9 Å². The number of phenols is 1. The topological polar surface area (TPSA) is 34.4 Å². The van der Waals surface area contributed by atoms with Gasteiger partial charge in [-0.2, -0.15) is 0 Å². The molecule has 0 atom stereocenters. The monoisotopic (exact) mass is 315 g/mol. The first-order valence-corrected chi connectivity index (χ1v) is 7.63. The van der Waals surface area contributed by atoms with Crippen molar-refractivity contribution < 1.29 is 9.84 Å². The summed E-state index contributed by atoms with van der Waals surface area (Å²) >= 11 is 5.97. The molecule has 22 heavy (non-hydrogen) atoms. The zero-order chi connectivity index (χ0) is 15.7. The average Bonchev–Trinajstić information content (AvgIpc) is 2.83. The summed E-state index contributed by atoms with van der Waals surface area (Å²) in [6.45, 7) is 4.70. The molecule has 0 amide bonds. The van der Waals surface area contributed by atoms with E-state index in [1.165, 1.54) is 0 Å². The molecule has 0 aliphatic carbocycles. The SMILES string of the molecule is CC(C)n1cc(COc2cccc(Cl)c2)c2cc(O)ccc21. The number of aromatic hydroxyl groups is 1. The van der Waals surface area contributed by atoms with Crippen LogP contribution in [0.2, 0.25) is 5.02 Å². The Bertz CT molecular complexity index is 808. The maximum atomic E-state index is 9.76. The maximum absolute atomic E-state index is 9.76. The van der Waals surface area contributed by atoms with E-state index >= 15 is 0 Å². The second-order valence-corrected chi connectivity index (χ2v) is 6.04. The van der Waals surface area contributed by atoms with Crippen LogP contribution in [0.15, 0.2) is 48.7 Å². The lowest BCUT2D eigenvalue weighted by molar-refractivity contribution is 0.307. The van der Waals surface area contributed by atoms with Crippen molar-refractivity contribution in [2.24, 2.45) is 0 Å². The van der Waals surface area contributed by atoms with Crippen molar-refractivity contribution in [1.82, 2.24) is 4.57 Å². The van der Waals surface area contributed by atoms with Crippen LogP contribution in [0, 0.1) is 0 Å². The van der Waals surface area contributed by atoms with Gasteiger partial charge in [-0.25, -0.2) is 0 Å². The zero-order valence-corrected chi connectivity index (χ0v) is 13.3. The van der Waals surface area contributed by atoms with E-state index in [2.05, 4.69) is 24.6 Å². The van der Waals surface area contributed by atoms with Gasteiger partial charge in [0.2, 0.25) is 0 Å². The summed E-state index contributed by atoms with van der Waals surface area (Å²) in [5.41, 5.74) is 2.14. The fraction of sp³-hybridized carbons (Fsp3) is 0.222. The highest BCUT2D eigenvalue weighted by Crippen LogP contribution is 2.29. The number of phenolic OH excluding ortho intramolecular Hbond substituents is 1. The molecule has 0 spiro atoms. The first kappa shape index (κ1) is 14.8. The number of ether oxygens (including phenoxy) is 1. The summed E-state index contributed by atoms with van der Waals surface area (Å²) in [6.07, 6.45) is 2.08. The highest BCUT2D eigenvalue weighted by molar-refractivity contribution is 6.30. The third kappa shape index (κ3) is 2.90. The third-order valence-electron chi connectivity index (χ3n) is 3.65.